The molecule has 32 heavy (non-hydrogen) atoms. The van der Waals surface area contributed by atoms with E-state index in [0.717, 1.165) is 0 Å². The molecule has 0 unspecified atom stereocenters. The minimum atomic E-state index is -4.25. The number of hydrogen-bond acceptors (Lipinski definition) is 5. The van der Waals surface area contributed by atoms with Crippen molar-refractivity contribution in [3.05, 3.63) is 87.4 Å². The third kappa shape index (κ3) is 4.10. The Balaban J connectivity index is 2.01. The number of halogens is 3. The standard InChI is InChI=1S/C21H12Cl3N3O4S/c22-14-6-4-12(5-7-14)19-20(32(30,31)18-11-15(23)8-9-17(18)24)25-26-27(19)16-3-1-2-13(10-16)21(28)29/h1-11H,(H,28,29). The van der Waals surface area contributed by atoms with Crippen LogP contribution in [0.3, 0.4) is 0 Å². The molecule has 0 spiro atoms. The summed E-state index contributed by atoms with van der Waals surface area (Å²) in [6.45, 7) is 0. The van der Waals surface area contributed by atoms with Gasteiger partial charge in [0.25, 0.3) is 0 Å². The zero-order valence-electron chi connectivity index (χ0n) is 15.9. The fourth-order valence-corrected chi connectivity index (χ4v) is 5.24. The van der Waals surface area contributed by atoms with Crippen LogP contribution < -0.4 is 0 Å². The molecule has 0 aliphatic heterocycles. The van der Waals surface area contributed by atoms with Crippen LogP contribution in [0.4, 0.5) is 0 Å². The molecular weight excluding hydrogens is 497 g/mol. The Kier molecular flexibility index (Phi) is 5.96. The normalized spacial score (nSPS) is 11.5. The molecule has 0 atom stereocenters. The average Bonchev–Trinajstić information content (AvgIpc) is 3.22. The molecule has 1 N–H and O–H groups in total. The molecule has 4 aromatic rings. The van der Waals surface area contributed by atoms with Crippen molar-refractivity contribution in [2.45, 2.75) is 9.92 Å². The fraction of sp³-hybridized carbons (Fsp3) is 0. The lowest BCUT2D eigenvalue weighted by molar-refractivity contribution is 0.0697. The van der Waals surface area contributed by atoms with Gasteiger partial charge in [0.15, 0.2) is 0 Å². The zero-order valence-corrected chi connectivity index (χ0v) is 19.0. The number of benzene rings is 3. The van der Waals surface area contributed by atoms with E-state index < -0.39 is 15.8 Å². The van der Waals surface area contributed by atoms with E-state index in [9.17, 15) is 18.3 Å². The Bertz CT molecular complexity index is 1450. The molecule has 1 heterocycles. The Labute approximate surface area is 197 Å². The molecule has 0 bridgehead atoms. The van der Waals surface area contributed by atoms with Gasteiger partial charge in [-0.05, 0) is 48.5 Å². The predicted molar refractivity (Wildman–Crippen MR) is 121 cm³/mol. The zero-order chi connectivity index (χ0) is 23.0. The second-order valence-electron chi connectivity index (χ2n) is 6.60. The lowest BCUT2D eigenvalue weighted by atomic mass is 10.1. The summed E-state index contributed by atoms with van der Waals surface area (Å²) < 4.78 is 28.3. The highest BCUT2D eigenvalue weighted by Crippen LogP contribution is 2.35. The third-order valence-corrected chi connectivity index (χ3v) is 7.16. The Morgan fingerprint density at radius 3 is 2.28 bits per heavy atom. The van der Waals surface area contributed by atoms with Crippen LogP contribution in [0.25, 0.3) is 16.9 Å². The lowest BCUT2D eigenvalue weighted by Gasteiger charge is -2.11. The second kappa shape index (κ2) is 8.55. The summed E-state index contributed by atoms with van der Waals surface area (Å²) in [7, 11) is -4.25. The van der Waals surface area contributed by atoms with E-state index in [2.05, 4.69) is 10.3 Å². The first-order valence-electron chi connectivity index (χ1n) is 8.94. The van der Waals surface area contributed by atoms with Crippen LogP contribution in [-0.4, -0.2) is 34.5 Å². The molecule has 162 valence electrons. The monoisotopic (exact) mass is 507 g/mol. The summed E-state index contributed by atoms with van der Waals surface area (Å²) in [5.74, 6) is -1.14. The van der Waals surface area contributed by atoms with Gasteiger partial charge in [0, 0.05) is 15.6 Å². The summed E-state index contributed by atoms with van der Waals surface area (Å²) in [4.78, 5) is 11.2. The van der Waals surface area contributed by atoms with Crippen molar-refractivity contribution < 1.29 is 18.3 Å². The maximum atomic E-state index is 13.5. The topological polar surface area (TPSA) is 102 Å². The quantitative estimate of drug-likeness (QED) is 0.386. The van der Waals surface area contributed by atoms with Crippen molar-refractivity contribution in [2.24, 2.45) is 0 Å². The molecule has 11 heteroatoms. The van der Waals surface area contributed by atoms with Gasteiger partial charge in [0.1, 0.15) is 5.69 Å². The molecule has 0 radical (unpaired) electrons. The van der Waals surface area contributed by atoms with Crippen molar-refractivity contribution in [3.8, 4) is 16.9 Å². The van der Waals surface area contributed by atoms with E-state index >= 15 is 0 Å². The van der Waals surface area contributed by atoms with Crippen LogP contribution >= 0.6 is 34.8 Å². The highest BCUT2D eigenvalue weighted by molar-refractivity contribution is 7.91. The SMILES string of the molecule is O=C(O)c1cccc(-n2nnc(S(=O)(=O)c3cc(Cl)ccc3Cl)c2-c2ccc(Cl)cc2)c1. The third-order valence-electron chi connectivity index (χ3n) is 4.53. The van der Waals surface area contributed by atoms with Crippen LogP contribution in [-0.2, 0) is 9.84 Å². The highest BCUT2D eigenvalue weighted by Gasteiger charge is 2.31. The van der Waals surface area contributed by atoms with Gasteiger partial charge in [-0.2, -0.15) is 0 Å². The molecule has 3 aromatic carbocycles. The van der Waals surface area contributed by atoms with Crippen molar-refractivity contribution in [1.82, 2.24) is 15.0 Å². The summed E-state index contributed by atoms with van der Waals surface area (Å²) in [6.07, 6.45) is 0. The number of hydrogen-bond donors (Lipinski definition) is 1. The largest absolute Gasteiger partial charge is 0.478 e. The van der Waals surface area contributed by atoms with Crippen LogP contribution in [0, 0.1) is 0 Å². The first kappa shape index (κ1) is 22.3. The number of nitrogens with zero attached hydrogens (tertiary/aromatic N) is 3. The Hall–Kier alpha value is -2.91. The maximum Gasteiger partial charge on any atom is 0.335 e. The van der Waals surface area contributed by atoms with Crippen molar-refractivity contribution in [2.75, 3.05) is 0 Å². The minimum absolute atomic E-state index is 0.00217. The molecule has 0 aliphatic carbocycles. The summed E-state index contributed by atoms with van der Waals surface area (Å²) in [5, 5.41) is 17.5. The van der Waals surface area contributed by atoms with Crippen molar-refractivity contribution in [3.63, 3.8) is 0 Å². The number of rotatable bonds is 5. The first-order chi connectivity index (χ1) is 15.2. The molecule has 0 amide bonds. The molecule has 7 nitrogen and oxygen atoms in total. The van der Waals surface area contributed by atoms with Gasteiger partial charge in [-0.25, -0.2) is 17.9 Å². The number of sulfone groups is 1. The number of aromatic nitrogens is 3. The number of carbonyl (C=O) groups is 1. The van der Waals surface area contributed by atoms with Gasteiger partial charge in [-0.1, -0.05) is 58.2 Å². The summed E-state index contributed by atoms with van der Waals surface area (Å²) in [6, 6.07) is 16.3. The van der Waals surface area contributed by atoms with Crippen LogP contribution in [0.2, 0.25) is 15.1 Å². The van der Waals surface area contributed by atoms with Gasteiger partial charge >= 0.3 is 5.97 Å². The fourth-order valence-electron chi connectivity index (χ4n) is 3.04. The van der Waals surface area contributed by atoms with Crippen LogP contribution in [0.5, 0.6) is 0 Å². The van der Waals surface area contributed by atoms with Crippen molar-refractivity contribution in [1.29, 1.82) is 0 Å². The van der Waals surface area contributed by atoms with Crippen LogP contribution in [0.1, 0.15) is 10.4 Å². The molecule has 0 fully saturated rings. The predicted octanol–water partition coefficient (Wildman–Crippen LogP) is 5.43. The maximum absolute atomic E-state index is 13.5. The molecule has 0 saturated carbocycles. The second-order valence-corrected chi connectivity index (χ2v) is 9.71. The van der Waals surface area contributed by atoms with Crippen molar-refractivity contribution >= 4 is 50.6 Å². The van der Waals surface area contributed by atoms with Gasteiger partial charge in [-0.15, -0.1) is 5.10 Å². The van der Waals surface area contributed by atoms with E-state index in [4.69, 9.17) is 34.8 Å². The van der Waals surface area contributed by atoms with Gasteiger partial charge in [-0.3, -0.25) is 0 Å². The minimum Gasteiger partial charge on any atom is -0.478 e. The van der Waals surface area contributed by atoms with E-state index in [1.165, 1.54) is 41.1 Å². The number of aromatic carboxylic acids is 1. The van der Waals surface area contributed by atoms with E-state index in [-0.39, 0.29) is 31.2 Å². The first-order valence-corrected chi connectivity index (χ1v) is 11.6. The Morgan fingerprint density at radius 2 is 1.59 bits per heavy atom. The van der Waals surface area contributed by atoms with Gasteiger partial charge < -0.3 is 5.11 Å². The average molecular weight is 509 g/mol. The van der Waals surface area contributed by atoms with Gasteiger partial charge in [0.2, 0.25) is 14.9 Å². The molecule has 0 saturated heterocycles. The molecule has 4 rings (SSSR count). The number of carboxylic acids is 1. The van der Waals surface area contributed by atoms with E-state index in [0.29, 0.717) is 16.3 Å². The Morgan fingerprint density at radius 1 is 0.906 bits per heavy atom. The lowest BCUT2D eigenvalue weighted by Crippen LogP contribution is -2.07. The molecule has 0 aliphatic rings. The number of carboxylic acid groups (broad SMARTS) is 1. The summed E-state index contributed by atoms with van der Waals surface area (Å²) >= 11 is 18.1. The smallest absolute Gasteiger partial charge is 0.335 e. The van der Waals surface area contributed by atoms with E-state index in [1.54, 1.807) is 30.3 Å². The van der Waals surface area contributed by atoms with Crippen LogP contribution in [0.15, 0.2) is 76.7 Å². The summed E-state index contributed by atoms with van der Waals surface area (Å²) in [5.41, 5.74) is 0.862. The van der Waals surface area contributed by atoms with E-state index in [1.807, 2.05) is 0 Å². The molecule has 1 aromatic heterocycles. The highest BCUT2D eigenvalue weighted by atomic mass is 35.5. The van der Waals surface area contributed by atoms with Gasteiger partial charge in [0.05, 0.1) is 21.2 Å². The molecular formula is C21H12Cl3N3O4S.